The highest BCUT2D eigenvalue weighted by Gasteiger charge is 2.28. The van der Waals surface area contributed by atoms with E-state index in [0.717, 1.165) is 10.7 Å². The van der Waals surface area contributed by atoms with Gasteiger partial charge < -0.3 is 0 Å². The first kappa shape index (κ1) is 10.7. The number of halogens is 1. The van der Waals surface area contributed by atoms with E-state index in [1.54, 1.807) is 4.88 Å². The Morgan fingerprint density at radius 1 is 1.43 bits per heavy atom. The van der Waals surface area contributed by atoms with Crippen LogP contribution in [-0.2, 0) is 6.42 Å². The molecule has 0 aromatic carbocycles. The zero-order valence-electron chi connectivity index (χ0n) is 8.42. The van der Waals surface area contributed by atoms with E-state index >= 15 is 0 Å². The van der Waals surface area contributed by atoms with Crippen LogP contribution in [-0.4, -0.2) is 4.83 Å². The second-order valence-corrected chi connectivity index (χ2v) is 6.39. The molecule has 1 atom stereocenters. The Morgan fingerprint density at radius 2 is 2.29 bits per heavy atom. The topological polar surface area (TPSA) is 0 Å². The Kier molecular flexibility index (Phi) is 4.06. The minimum absolute atomic E-state index is 0.811. The zero-order chi connectivity index (χ0) is 9.80. The minimum atomic E-state index is 0.811. The summed E-state index contributed by atoms with van der Waals surface area (Å²) in [5.74, 6) is 1.01. The fourth-order valence-corrected chi connectivity index (χ4v) is 3.39. The zero-order valence-corrected chi connectivity index (χ0v) is 10.8. The molecule has 1 heterocycles. The third kappa shape index (κ3) is 3.39. The fraction of sp³-hybridized carbons (Fsp3) is 0.667. The van der Waals surface area contributed by atoms with Gasteiger partial charge in [-0.15, -0.1) is 11.3 Å². The lowest BCUT2D eigenvalue weighted by molar-refractivity contribution is 0.625. The summed E-state index contributed by atoms with van der Waals surface area (Å²) in [5.41, 5.74) is 0. The molecule has 1 saturated carbocycles. The van der Waals surface area contributed by atoms with E-state index in [1.807, 2.05) is 11.3 Å². The molecule has 1 fully saturated rings. The van der Waals surface area contributed by atoms with Gasteiger partial charge in [0, 0.05) is 9.70 Å². The molecule has 78 valence electrons. The van der Waals surface area contributed by atoms with Crippen LogP contribution >= 0.6 is 27.3 Å². The molecule has 0 nitrogen and oxygen atoms in total. The maximum absolute atomic E-state index is 3.79. The highest BCUT2D eigenvalue weighted by Crippen LogP contribution is 2.38. The van der Waals surface area contributed by atoms with Gasteiger partial charge in [0.05, 0.1) is 0 Å². The second-order valence-electron chi connectivity index (χ2n) is 4.18. The molecule has 0 saturated heterocycles. The van der Waals surface area contributed by atoms with Gasteiger partial charge in [-0.2, -0.15) is 0 Å². The summed E-state index contributed by atoms with van der Waals surface area (Å²) in [4.78, 5) is 2.35. The maximum Gasteiger partial charge on any atom is 0.0174 e. The molecule has 0 radical (unpaired) electrons. The Labute approximate surface area is 98.9 Å². The molecular formula is C12H17BrS. The van der Waals surface area contributed by atoms with Crippen molar-refractivity contribution in [3.63, 3.8) is 0 Å². The summed E-state index contributed by atoms with van der Waals surface area (Å²) >= 11 is 5.67. The molecule has 0 amide bonds. The van der Waals surface area contributed by atoms with Crippen LogP contribution in [0.3, 0.4) is 0 Å². The molecule has 0 N–H and O–H groups in total. The van der Waals surface area contributed by atoms with Gasteiger partial charge >= 0.3 is 0 Å². The predicted octanol–water partition coefficient (Wildman–Crippen LogP) is 4.63. The van der Waals surface area contributed by atoms with Crippen molar-refractivity contribution in [1.82, 2.24) is 0 Å². The van der Waals surface area contributed by atoms with Crippen molar-refractivity contribution < 1.29 is 0 Å². The largest absolute Gasteiger partial charge is 0.149 e. The first-order valence-electron chi connectivity index (χ1n) is 5.53. The number of hydrogen-bond donors (Lipinski definition) is 0. The van der Waals surface area contributed by atoms with Crippen molar-refractivity contribution in [3.8, 4) is 0 Å². The van der Waals surface area contributed by atoms with E-state index in [0.29, 0.717) is 0 Å². The van der Waals surface area contributed by atoms with Crippen LogP contribution in [0, 0.1) is 5.92 Å². The number of unbranched alkanes of at least 4 members (excludes halogenated alkanes) is 1. The van der Waals surface area contributed by atoms with Gasteiger partial charge in [0.25, 0.3) is 0 Å². The quantitative estimate of drug-likeness (QED) is 0.523. The fourth-order valence-electron chi connectivity index (χ4n) is 1.79. The monoisotopic (exact) mass is 272 g/mol. The summed E-state index contributed by atoms with van der Waals surface area (Å²) in [6, 6.07) is 4.40. The van der Waals surface area contributed by atoms with Crippen LogP contribution in [0.1, 0.15) is 37.0 Å². The summed E-state index contributed by atoms with van der Waals surface area (Å²) < 4.78 is 0. The summed E-state index contributed by atoms with van der Waals surface area (Å²) in [7, 11) is 0. The number of thiophene rings is 1. The van der Waals surface area contributed by atoms with Crippen molar-refractivity contribution in [3.05, 3.63) is 22.4 Å². The van der Waals surface area contributed by atoms with Crippen molar-refractivity contribution in [2.75, 3.05) is 0 Å². The van der Waals surface area contributed by atoms with E-state index in [4.69, 9.17) is 0 Å². The van der Waals surface area contributed by atoms with E-state index in [1.165, 1.54) is 38.5 Å². The standard InChI is InChI=1S/C12H17BrS/c13-12(10-7-8-10)6-2-1-4-11-5-3-9-14-11/h3,5,9-10,12H,1-2,4,6-8H2. The van der Waals surface area contributed by atoms with E-state index in [2.05, 4.69) is 33.4 Å². The van der Waals surface area contributed by atoms with Gasteiger partial charge in [0.15, 0.2) is 0 Å². The van der Waals surface area contributed by atoms with Crippen LogP contribution in [0.25, 0.3) is 0 Å². The first-order chi connectivity index (χ1) is 6.86. The molecule has 1 aromatic heterocycles. The summed E-state index contributed by atoms with van der Waals surface area (Å²) in [6.07, 6.45) is 8.30. The molecular weight excluding hydrogens is 256 g/mol. The van der Waals surface area contributed by atoms with E-state index in [-0.39, 0.29) is 0 Å². The molecule has 2 heteroatoms. The Bertz CT molecular complexity index is 251. The van der Waals surface area contributed by atoms with Crippen molar-refractivity contribution in [2.24, 2.45) is 5.92 Å². The summed E-state index contributed by atoms with van der Waals surface area (Å²) in [6.45, 7) is 0. The molecule has 0 bridgehead atoms. The molecule has 1 aliphatic rings. The lowest BCUT2D eigenvalue weighted by Crippen LogP contribution is -1.99. The Hall–Kier alpha value is 0.180. The first-order valence-corrected chi connectivity index (χ1v) is 7.32. The average molecular weight is 273 g/mol. The van der Waals surface area contributed by atoms with Crippen LogP contribution in [0.2, 0.25) is 0 Å². The minimum Gasteiger partial charge on any atom is -0.149 e. The van der Waals surface area contributed by atoms with Crippen molar-refractivity contribution in [2.45, 2.75) is 43.4 Å². The second kappa shape index (κ2) is 5.32. The number of hydrogen-bond acceptors (Lipinski definition) is 1. The summed E-state index contributed by atoms with van der Waals surface area (Å²) in [5, 5.41) is 2.17. The van der Waals surface area contributed by atoms with Crippen LogP contribution in [0.15, 0.2) is 17.5 Å². The van der Waals surface area contributed by atoms with Gasteiger partial charge in [0.2, 0.25) is 0 Å². The van der Waals surface area contributed by atoms with E-state index in [9.17, 15) is 0 Å². The maximum atomic E-state index is 3.79. The SMILES string of the molecule is BrC(CCCCc1cccs1)C1CC1. The van der Waals surface area contributed by atoms with Crippen LogP contribution in [0.5, 0.6) is 0 Å². The highest BCUT2D eigenvalue weighted by atomic mass is 79.9. The third-order valence-corrected chi connectivity index (χ3v) is 5.01. The molecule has 1 unspecified atom stereocenters. The predicted molar refractivity (Wildman–Crippen MR) is 67.3 cm³/mol. The molecule has 0 spiro atoms. The molecule has 2 rings (SSSR count). The number of alkyl halides is 1. The molecule has 14 heavy (non-hydrogen) atoms. The third-order valence-electron chi connectivity index (χ3n) is 2.87. The van der Waals surface area contributed by atoms with Crippen molar-refractivity contribution >= 4 is 27.3 Å². The Balaban J connectivity index is 1.54. The lowest BCUT2D eigenvalue weighted by Gasteiger charge is -2.06. The lowest BCUT2D eigenvalue weighted by atomic mass is 10.1. The normalized spacial score (nSPS) is 18.4. The number of rotatable bonds is 6. The average Bonchev–Trinajstić information content (AvgIpc) is 2.92. The van der Waals surface area contributed by atoms with Crippen molar-refractivity contribution in [1.29, 1.82) is 0 Å². The van der Waals surface area contributed by atoms with Gasteiger partial charge in [-0.25, -0.2) is 0 Å². The van der Waals surface area contributed by atoms with Crippen LogP contribution < -0.4 is 0 Å². The smallest absolute Gasteiger partial charge is 0.0174 e. The van der Waals surface area contributed by atoms with Gasteiger partial charge in [0.1, 0.15) is 0 Å². The van der Waals surface area contributed by atoms with Gasteiger partial charge in [-0.3, -0.25) is 0 Å². The highest BCUT2D eigenvalue weighted by molar-refractivity contribution is 9.09. The molecule has 1 aliphatic carbocycles. The molecule has 1 aromatic rings. The Morgan fingerprint density at radius 3 is 2.93 bits per heavy atom. The van der Waals surface area contributed by atoms with Crippen LogP contribution in [0.4, 0.5) is 0 Å². The van der Waals surface area contributed by atoms with E-state index < -0.39 is 0 Å². The number of aryl methyl sites for hydroxylation is 1. The molecule has 0 aliphatic heterocycles. The van der Waals surface area contributed by atoms with Gasteiger partial charge in [-0.1, -0.05) is 28.4 Å². The van der Waals surface area contributed by atoms with Gasteiger partial charge in [-0.05, 0) is 49.5 Å².